The first-order valence-electron chi connectivity index (χ1n) is 5.63. The largest absolute Gasteiger partial charge is 0.491 e. The Hall–Kier alpha value is -1.19. The van der Waals surface area contributed by atoms with Crippen LogP contribution in [0, 0.1) is 0 Å². The molecule has 94 valence electrons. The first kappa shape index (κ1) is 13.2. The Kier molecular flexibility index (Phi) is 4.90. The minimum absolute atomic E-state index is 0.577. The fraction of sp³-hybridized carbons (Fsp3) is 0.143. The highest BCUT2D eigenvalue weighted by molar-refractivity contribution is 9.10. The quantitative estimate of drug-likeness (QED) is 0.811. The van der Waals surface area contributed by atoms with Gasteiger partial charge in [0, 0.05) is 6.54 Å². The lowest BCUT2D eigenvalue weighted by atomic mass is 10.3. The summed E-state index contributed by atoms with van der Waals surface area (Å²) < 4.78 is 6.61. The Balaban J connectivity index is 1.80. The number of nitrogens with one attached hydrogen (secondary N) is 1. The van der Waals surface area contributed by atoms with E-state index in [-0.39, 0.29) is 0 Å². The van der Waals surface area contributed by atoms with Gasteiger partial charge in [-0.05, 0) is 40.2 Å². The highest BCUT2D eigenvalue weighted by atomic mass is 79.9. The molecule has 0 heterocycles. The van der Waals surface area contributed by atoms with Crippen molar-refractivity contribution in [2.75, 3.05) is 18.5 Å². The minimum Gasteiger partial charge on any atom is -0.491 e. The number of para-hydroxylation sites is 2. The Morgan fingerprint density at radius 2 is 1.78 bits per heavy atom. The van der Waals surface area contributed by atoms with Crippen LogP contribution in [0.25, 0.3) is 0 Å². The SMILES string of the molecule is Clc1ccccc1NCCOc1ccccc1Br. The predicted molar refractivity (Wildman–Crippen MR) is 79.6 cm³/mol. The zero-order chi connectivity index (χ0) is 12.8. The molecule has 0 fully saturated rings. The molecule has 2 rings (SSSR count). The van der Waals surface area contributed by atoms with E-state index in [2.05, 4.69) is 21.2 Å². The first-order chi connectivity index (χ1) is 8.77. The molecule has 0 aliphatic heterocycles. The van der Waals surface area contributed by atoms with Crippen molar-refractivity contribution in [2.24, 2.45) is 0 Å². The van der Waals surface area contributed by atoms with Gasteiger partial charge in [0.05, 0.1) is 15.2 Å². The molecule has 0 saturated heterocycles. The van der Waals surface area contributed by atoms with E-state index in [1.807, 2.05) is 48.5 Å². The summed E-state index contributed by atoms with van der Waals surface area (Å²) in [7, 11) is 0. The van der Waals surface area contributed by atoms with E-state index in [9.17, 15) is 0 Å². The zero-order valence-corrected chi connectivity index (χ0v) is 12.0. The average Bonchev–Trinajstić information content (AvgIpc) is 2.38. The third-order valence-electron chi connectivity index (χ3n) is 2.39. The Morgan fingerprint density at radius 3 is 2.56 bits per heavy atom. The van der Waals surface area contributed by atoms with Crippen molar-refractivity contribution in [2.45, 2.75) is 0 Å². The van der Waals surface area contributed by atoms with Gasteiger partial charge in [0.15, 0.2) is 0 Å². The molecule has 2 nitrogen and oxygen atoms in total. The standard InChI is InChI=1S/C14H13BrClNO/c15-11-5-1-4-8-14(11)18-10-9-17-13-7-3-2-6-12(13)16/h1-8,17H,9-10H2. The number of halogens is 2. The van der Waals surface area contributed by atoms with E-state index in [4.69, 9.17) is 16.3 Å². The van der Waals surface area contributed by atoms with Crippen LogP contribution in [-0.4, -0.2) is 13.2 Å². The van der Waals surface area contributed by atoms with Crippen molar-refractivity contribution >= 4 is 33.2 Å². The molecule has 2 aromatic rings. The van der Waals surface area contributed by atoms with Crippen molar-refractivity contribution in [1.82, 2.24) is 0 Å². The monoisotopic (exact) mass is 325 g/mol. The molecule has 0 atom stereocenters. The number of ether oxygens (including phenoxy) is 1. The van der Waals surface area contributed by atoms with Crippen LogP contribution in [0.2, 0.25) is 5.02 Å². The van der Waals surface area contributed by atoms with Crippen LogP contribution in [0.4, 0.5) is 5.69 Å². The molecule has 4 heteroatoms. The van der Waals surface area contributed by atoms with Gasteiger partial charge in [-0.15, -0.1) is 0 Å². The summed E-state index contributed by atoms with van der Waals surface area (Å²) in [6.45, 7) is 1.28. The number of hydrogen-bond acceptors (Lipinski definition) is 2. The Bertz CT molecular complexity index is 471. The van der Waals surface area contributed by atoms with Crippen LogP contribution >= 0.6 is 27.5 Å². The highest BCUT2D eigenvalue weighted by Gasteiger charge is 2.00. The number of anilines is 1. The van der Waals surface area contributed by atoms with Crippen molar-refractivity contribution in [3.63, 3.8) is 0 Å². The molecule has 0 aliphatic carbocycles. The van der Waals surface area contributed by atoms with Crippen molar-refractivity contribution in [3.8, 4) is 5.75 Å². The average molecular weight is 327 g/mol. The molecule has 0 saturated carbocycles. The van der Waals surface area contributed by atoms with Gasteiger partial charge in [0.1, 0.15) is 12.4 Å². The normalized spacial score (nSPS) is 10.1. The fourth-order valence-electron chi connectivity index (χ4n) is 1.51. The van der Waals surface area contributed by atoms with Crippen LogP contribution in [-0.2, 0) is 0 Å². The maximum Gasteiger partial charge on any atom is 0.133 e. The molecule has 0 radical (unpaired) electrons. The summed E-state index contributed by atoms with van der Waals surface area (Å²) in [6, 6.07) is 15.4. The topological polar surface area (TPSA) is 21.3 Å². The van der Waals surface area contributed by atoms with Gasteiger partial charge in [0.2, 0.25) is 0 Å². The van der Waals surface area contributed by atoms with Crippen LogP contribution < -0.4 is 10.1 Å². The Labute approximate surface area is 120 Å². The summed E-state index contributed by atoms with van der Waals surface area (Å²) in [6.07, 6.45) is 0. The smallest absolute Gasteiger partial charge is 0.133 e. The summed E-state index contributed by atoms with van der Waals surface area (Å²) in [4.78, 5) is 0. The molecule has 0 bridgehead atoms. The molecule has 0 amide bonds. The molecule has 0 aromatic heterocycles. The second kappa shape index (κ2) is 6.66. The number of rotatable bonds is 5. The van der Waals surface area contributed by atoms with Gasteiger partial charge < -0.3 is 10.1 Å². The fourth-order valence-corrected chi connectivity index (χ4v) is 2.11. The molecule has 1 N–H and O–H groups in total. The highest BCUT2D eigenvalue weighted by Crippen LogP contribution is 2.24. The Morgan fingerprint density at radius 1 is 1.06 bits per heavy atom. The van der Waals surface area contributed by atoms with Crippen LogP contribution in [0.5, 0.6) is 5.75 Å². The van der Waals surface area contributed by atoms with E-state index in [1.165, 1.54) is 0 Å². The molecule has 2 aromatic carbocycles. The summed E-state index contributed by atoms with van der Waals surface area (Å²) >= 11 is 9.47. The van der Waals surface area contributed by atoms with E-state index in [1.54, 1.807) is 0 Å². The van der Waals surface area contributed by atoms with Crippen LogP contribution in [0.1, 0.15) is 0 Å². The van der Waals surface area contributed by atoms with E-state index >= 15 is 0 Å². The van der Waals surface area contributed by atoms with Gasteiger partial charge in [0.25, 0.3) is 0 Å². The molecule has 0 aliphatic rings. The van der Waals surface area contributed by atoms with Crippen molar-refractivity contribution in [1.29, 1.82) is 0 Å². The maximum atomic E-state index is 6.03. The first-order valence-corrected chi connectivity index (χ1v) is 6.80. The van der Waals surface area contributed by atoms with Gasteiger partial charge in [-0.1, -0.05) is 35.9 Å². The second-order valence-electron chi connectivity index (χ2n) is 3.69. The lowest BCUT2D eigenvalue weighted by molar-refractivity contribution is 0.331. The van der Waals surface area contributed by atoms with E-state index < -0.39 is 0 Å². The predicted octanol–water partition coefficient (Wildman–Crippen LogP) is 4.59. The summed E-state index contributed by atoms with van der Waals surface area (Å²) in [5, 5.41) is 3.95. The minimum atomic E-state index is 0.577. The van der Waals surface area contributed by atoms with Gasteiger partial charge >= 0.3 is 0 Å². The molecule has 18 heavy (non-hydrogen) atoms. The number of benzene rings is 2. The van der Waals surface area contributed by atoms with Gasteiger partial charge in [-0.25, -0.2) is 0 Å². The molecule has 0 spiro atoms. The van der Waals surface area contributed by atoms with E-state index in [0.717, 1.165) is 20.9 Å². The van der Waals surface area contributed by atoms with Gasteiger partial charge in [-0.2, -0.15) is 0 Å². The van der Waals surface area contributed by atoms with E-state index in [0.29, 0.717) is 13.2 Å². The lowest BCUT2D eigenvalue weighted by Gasteiger charge is -2.10. The van der Waals surface area contributed by atoms with Gasteiger partial charge in [-0.3, -0.25) is 0 Å². The molecular weight excluding hydrogens is 314 g/mol. The zero-order valence-electron chi connectivity index (χ0n) is 9.70. The molecule has 0 unspecified atom stereocenters. The van der Waals surface area contributed by atoms with Crippen molar-refractivity contribution in [3.05, 3.63) is 58.0 Å². The van der Waals surface area contributed by atoms with Crippen LogP contribution in [0.15, 0.2) is 53.0 Å². The summed E-state index contributed by atoms with van der Waals surface area (Å²) in [5.41, 5.74) is 0.926. The van der Waals surface area contributed by atoms with Crippen molar-refractivity contribution < 1.29 is 4.74 Å². The second-order valence-corrected chi connectivity index (χ2v) is 4.95. The molecular formula is C14H13BrClNO. The maximum absolute atomic E-state index is 6.03. The summed E-state index contributed by atoms with van der Waals surface area (Å²) in [5.74, 6) is 0.846. The third kappa shape index (κ3) is 3.65. The van der Waals surface area contributed by atoms with Crippen LogP contribution in [0.3, 0.4) is 0 Å². The number of hydrogen-bond donors (Lipinski definition) is 1. The third-order valence-corrected chi connectivity index (χ3v) is 3.37. The lowest BCUT2D eigenvalue weighted by Crippen LogP contribution is -2.11.